The number of thiophene rings is 1. The molecular weight excluding hydrogens is 200 g/mol. The van der Waals surface area contributed by atoms with Gasteiger partial charge in [0.2, 0.25) is 0 Å². The maximum Gasteiger partial charge on any atom is 0.346 e. The number of fused-ring (bicyclic) bond motifs is 1. The van der Waals surface area contributed by atoms with Crippen molar-refractivity contribution < 1.29 is 9.90 Å². The molecule has 5 heteroatoms. The van der Waals surface area contributed by atoms with E-state index >= 15 is 0 Å². The first-order chi connectivity index (χ1) is 6.52. The smallest absolute Gasteiger partial charge is 0.346 e. The van der Waals surface area contributed by atoms with Crippen LogP contribution in [0.5, 0.6) is 0 Å². The molecule has 14 heavy (non-hydrogen) atoms. The van der Waals surface area contributed by atoms with E-state index in [1.807, 2.05) is 20.9 Å². The highest BCUT2D eigenvalue weighted by Crippen LogP contribution is 2.32. The topological polar surface area (TPSA) is 55.1 Å². The molecule has 0 saturated carbocycles. The molecule has 0 aliphatic rings. The molecule has 0 fully saturated rings. The zero-order valence-corrected chi connectivity index (χ0v) is 8.97. The van der Waals surface area contributed by atoms with E-state index in [0.717, 1.165) is 21.5 Å². The number of carboxylic acids is 1. The summed E-state index contributed by atoms with van der Waals surface area (Å²) in [6.45, 7) is 3.73. The van der Waals surface area contributed by atoms with Crippen molar-refractivity contribution in [2.24, 2.45) is 7.05 Å². The fraction of sp³-hybridized carbons (Fsp3) is 0.333. The highest BCUT2D eigenvalue weighted by molar-refractivity contribution is 7.20. The third-order valence-corrected chi connectivity index (χ3v) is 3.62. The SMILES string of the molecule is Cc1nn(C)c2sc(C(=O)O)c(C)c12. The first kappa shape index (κ1) is 9.21. The molecule has 2 aromatic heterocycles. The molecule has 4 nitrogen and oxygen atoms in total. The predicted molar refractivity (Wildman–Crippen MR) is 55.0 cm³/mol. The molecule has 0 aromatic carbocycles. The summed E-state index contributed by atoms with van der Waals surface area (Å²) in [5.41, 5.74) is 1.71. The van der Waals surface area contributed by atoms with E-state index in [1.54, 1.807) is 4.68 Å². The van der Waals surface area contributed by atoms with E-state index in [-0.39, 0.29) is 0 Å². The van der Waals surface area contributed by atoms with E-state index in [2.05, 4.69) is 5.10 Å². The van der Waals surface area contributed by atoms with Crippen LogP contribution in [-0.4, -0.2) is 20.9 Å². The Labute approximate surface area is 84.8 Å². The molecule has 2 rings (SSSR count). The summed E-state index contributed by atoms with van der Waals surface area (Å²) in [6, 6.07) is 0. The Kier molecular flexibility index (Phi) is 1.85. The van der Waals surface area contributed by atoms with Crippen molar-refractivity contribution in [3.63, 3.8) is 0 Å². The summed E-state index contributed by atoms with van der Waals surface area (Å²) in [6.07, 6.45) is 0. The molecule has 2 heterocycles. The molecule has 74 valence electrons. The number of aryl methyl sites for hydroxylation is 3. The van der Waals surface area contributed by atoms with Crippen molar-refractivity contribution >= 4 is 27.5 Å². The summed E-state index contributed by atoms with van der Waals surface area (Å²) in [5, 5.41) is 14.2. The lowest BCUT2D eigenvalue weighted by molar-refractivity contribution is 0.0701. The highest BCUT2D eigenvalue weighted by Gasteiger charge is 2.18. The molecule has 0 radical (unpaired) electrons. The Morgan fingerprint density at radius 1 is 1.50 bits per heavy atom. The lowest BCUT2D eigenvalue weighted by Gasteiger charge is -1.91. The minimum atomic E-state index is -0.858. The monoisotopic (exact) mass is 210 g/mol. The Morgan fingerprint density at radius 2 is 2.14 bits per heavy atom. The second kappa shape index (κ2) is 2.81. The van der Waals surface area contributed by atoms with Gasteiger partial charge in [-0.1, -0.05) is 0 Å². The van der Waals surface area contributed by atoms with Crippen LogP contribution in [0.3, 0.4) is 0 Å². The van der Waals surface area contributed by atoms with E-state index in [9.17, 15) is 4.79 Å². The van der Waals surface area contributed by atoms with Gasteiger partial charge in [-0.05, 0) is 19.4 Å². The molecule has 0 bridgehead atoms. The number of aromatic nitrogens is 2. The molecule has 0 saturated heterocycles. The summed E-state index contributed by atoms with van der Waals surface area (Å²) in [7, 11) is 1.83. The number of nitrogens with zero attached hydrogens (tertiary/aromatic N) is 2. The third-order valence-electron chi connectivity index (χ3n) is 2.28. The largest absolute Gasteiger partial charge is 0.477 e. The summed E-state index contributed by atoms with van der Waals surface area (Å²) >= 11 is 1.28. The molecule has 0 unspecified atom stereocenters. The standard InChI is InChI=1S/C9H10N2O2S/c1-4-6-5(2)10-11(3)8(6)14-7(4)9(12)13/h1-3H3,(H,12,13). The second-order valence-electron chi connectivity index (χ2n) is 3.25. The van der Waals surface area contributed by atoms with Crippen molar-refractivity contribution in [1.29, 1.82) is 0 Å². The van der Waals surface area contributed by atoms with Gasteiger partial charge in [-0.3, -0.25) is 4.68 Å². The summed E-state index contributed by atoms with van der Waals surface area (Å²) in [4.78, 5) is 12.2. The second-order valence-corrected chi connectivity index (χ2v) is 4.25. The van der Waals surface area contributed by atoms with Gasteiger partial charge in [-0.25, -0.2) is 4.79 Å². The Morgan fingerprint density at radius 3 is 2.64 bits per heavy atom. The summed E-state index contributed by atoms with van der Waals surface area (Å²) in [5.74, 6) is -0.858. The maximum absolute atomic E-state index is 10.9. The number of aromatic carboxylic acids is 1. The molecule has 1 N–H and O–H groups in total. The minimum Gasteiger partial charge on any atom is -0.477 e. The van der Waals surface area contributed by atoms with Crippen molar-refractivity contribution in [3.05, 3.63) is 16.1 Å². The molecule has 2 aromatic rings. The lowest BCUT2D eigenvalue weighted by atomic mass is 10.2. The van der Waals surface area contributed by atoms with Crippen LogP contribution in [0.4, 0.5) is 0 Å². The van der Waals surface area contributed by atoms with E-state index in [0.29, 0.717) is 4.88 Å². The maximum atomic E-state index is 10.9. The Bertz CT molecular complexity index is 524. The number of rotatable bonds is 1. The quantitative estimate of drug-likeness (QED) is 0.782. The van der Waals surface area contributed by atoms with Crippen LogP contribution < -0.4 is 0 Å². The van der Waals surface area contributed by atoms with Crippen LogP contribution in [0.2, 0.25) is 0 Å². The number of carbonyl (C=O) groups is 1. The zero-order valence-electron chi connectivity index (χ0n) is 8.16. The average Bonchev–Trinajstić information content (AvgIpc) is 2.54. The first-order valence-corrected chi connectivity index (χ1v) is 5.00. The highest BCUT2D eigenvalue weighted by atomic mass is 32.1. The third kappa shape index (κ3) is 1.05. The van der Waals surface area contributed by atoms with Crippen molar-refractivity contribution in [1.82, 2.24) is 9.78 Å². The van der Waals surface area contributed by atoms with Crippen LogP contribution in [0.15, 0.2) is 0 Å². The molecular formula is C9H10N2O2S. The average molecular weight is 210 g/mol. The van der Waals surface area contributed by atoms with Crippen molar-refractivity contribution in [2.45, 2.75) is 13.8 Å². The van der Waals surface area contributed by atoms with Gasteiger partial charge in [0.15, 0.2) is 0 Å². The number of hydrogen-bond donors (Lipinski definition) is 1. The normalized spacial score (nSPS) is 11.1. The molecule has 0 spiro atoms. The van der Waals surface area contributed by atoms with Crippen LogP contribution in [-0.2, 0) is 7.05 Å². The molecule has 0 aliphatic heterocycles. The van der Waals surface area contributed by atoms with Crippen molar-refractivity contribution in [2.75, 3.05) is 0 Å². The van der Waals surface area contributed by atoms with Gasteiger partial charge in [0.1, 0.15) is 9.71 Å². The molecule has 0 amide bonds. The fourth-order valence-corrected chi connectivity index (χ4v) is 2.79. The summed E-state index contributed by atoms with van der Waals surface area (Å²) < 4.78 is 1.73. The predicted octanol–water partition coefficient (Wildman–Crippen LogP) is 1.95. The van der Waals surface area contributed by atoms with E-state index in [1.165, 1.54) is 11.3 Å². The van der Waals surface area contributed by atoms with Gasteiger partial charge in [0, 0.05) is 12.4 Å². The van der Waals surface area contributed by atoms with E-state index < -0.39 is 5.97 Å². The van der Waals surface area contributed by atoms with Gasteiger partial charge in [-0.2, -0.15) is 5.10 Å². The zero-order chi connectivity index (χ0) is 10.5. The van der Waals surface area contributed by atoms with Gasteiger partial charge >= 0.3 is 5.97 Å². The molecule has 0 atom stereocenters. The van der Waals surface area contributed by atoms with Crippen molar-refractivity contribution in [3.8, 4) is 0 Å². The minimum absolute atomic E-state index is 0.413. The van der Waals surface area contributed by atoms with Gasteiger partial charge in [0.05, 0.1) is 5.69 Å². The van der Waals surface area contributed by atoms with Crippen LogP contribution >= 0.6 is 11.3 Å². The van der Waals surface area contributed by atoms with Gasteiger partial charge in [0.25, 0.3) is 0 Å². The van der Waals surface area contributed by atoms with E-state index in [4.69, 9.17) is 5.11 Å². The van der Waals surface area contributed by atoms with Gasteiger partial charge < -0.3 is 5.11 Å². The van der Waals surface area contributed by atoms with Crippen LogP contribution in [0, 0.1) is 13.8 Å². The fourth-order valence-electron chi connectivity index (χ4n) is 1.68. The van der Waals surface area contributed by atoms with Crippen LogP contribution in [0.25, 0.3) is 10.2 Å². The molecule has 0 aliphatic carbocycles. The lowest BCUT2D eigenvalue weighted by Crippen LogP contribution is -1.94. The van der Waals surface area contributed by atoms with Gasteiger partial charge in [-0.15, -0.1) is 11.3 Å². The first-order valence-electron chi connectivity index (χ1n) is 4.18. The number of carboxylic acid groups (broad SMARTS) is 1. The Hall–Kier alpha value is -1.36. The Balaban J connectivity index is 2.87. The number of hydrogen-bond acceptors (Lipinski definition) is 3. The van der Waals surface area contributed by atoms with Crippen LogP contribution in [0.1, 0.15) is 20.9 Å².